The zero-order valence-electron chi connectivity index (χ0n) is 11.9. The quantitative estimate of drug-likeness (QED) is 0.778. The van der Waals surface area contributed by atoms with Crippen molar-refractivity contribution in [3.63, 3.8) is 0 Å². The number of aliphatic imine (C=N–C) groups is 1. The van der Waals surface area contributed by atoms with Gasteiger partial charge in [-0.05, 0) is 38.7 Å². The van der Waals surface area contributed by atoms with E-state index in [1.54, 1.807) is 0 Å². The molecule has 1 fully saturated rings. The first-order valence-electron chi connectivity index (χ1n) is 7.48. The second kappa shape index (κ2) is 6.81. The van der Waals surface area contributed by atoms with E-state index in [4.69, 9.17) is 0 Å². The molecule has 0 aromatic carbocycles. The van der Waals surface area contributed by atoms with Gasteiger partial charge < -0.3 is 10.2 Å². The summed E-state index contributed by atoms with van der Waals surface area (Å²) >= 11 is 0. The van der Waals surface area contributed by atoms with Gasteiger partial charge in [-0.3, -0.25) is 0 Å². The normalized spacial score (nSPS) is 21.9. The molecule has 1 aliphatic heterocycles. The fourth-order valence-electron chi connectivity index (χ4n) is 2.69. The minimum atomic E-state index is 0.536. The van der Waals surface area contributed by atoms with E-state index >= 15 is 0 Å². The van der Waals surface area contributed by atoms with Gasteiger partial charge in [0.15, 0.2) is 0 Å². The summed E-state index contributed by atoms with van der Waals surface area (Å²) in [5.74, 6) is 1.92. The summed E-state index contributed by atoms with van der Waals surface area (Å²) in [7, 11) is 0. The molecule has 0 aromatic heterocycles. The van der Waals surface area contributed by atoms with Crippen molar-refractivity contribution in [3.8, 4) is 0 Å². The van der Waals surface area contributed by atoms with Crippen molar-refractivity contribution in [2.75, 3.05) is 13.2 Å². The third-order valence-electron chi connectivity index (χ3n) is 4.04. The van der Waals surface area contributed by atoms with E-state index in [9.17, 15) is 0 Å². The molecule has 0 atom stereocenters. The van der Waals surface area contributed by atoms with Crippen LogP contribution in [0.5, 0.6) is 0 Å². The molecular formula is C15H27N3. The molecule has 0 bridgehead atoms. The van der Waals surface area contributed by atoms with Crippen LogP contribution in [0.15, 0.2) is 17.3 Å². The van der Waals surface area contributed by atoms with Gasteiger partial charge >= 0.3 is 0 Å². The summed E-state index contributed by atoms with van der Waals surface area (Å²) in [4.78, 5) is 6.83. The minimum absolute atomic E-state index is 0.536. The zero-order chi connectivity index (χ0) is 12.8. The third-order valence-corrected chi connectivity index (χ3v) is 4.04. The summed E-state index contributed by atoms with van der Waals surface area (Å²) in [5.41, 5.74) is 0. The molecule has 0 amide bonds. The SMILES string of the molecule is CC(C)N1C=CC(NCC2CCCCCC2)=NC1. The lowest BCUT2D eigenvalue weighted by atomic mass is 10.0. The Labute approximate surface area is 111 Å². The maximum Gasteiger partial charge on any atom is 0.124 e. The summed E-state index contributed by atoms with van der Waals surface area (Å²) in [6, 6.07) is 0.536. The first-order chi connectivity index (χ1) is 8.75. The Bertz CT molecular complexity index is 299. The highest BCUT2D eigenvalue weighted by atomic mass is 15.2. The van der Waals surface area contributed by atoms with Crippen molar-refractivity contribution in [1.29, 1.82) is 0 Å². The summed E-state index contributed by atoms with van der Waals surface area (Å²) < 4.78 is 0. The van der Waals surface area contributed by atoms with Crippen molar-refractivity contribution in [2.45, 2.75) is 58.4 Å². The molecule has 1 N–H and O–H groups in total. The van der Waals surface area contributed by atoms with E-state index in [2.05, 4.69) is 41.3 Å². The van der Waals surface area contributed by atoms with Crippen LogP contribution in [0.2, 0.25) is 0 Å². The predicted molar refractivity (Wildman–Crippen MR) is 77.6 cm³/mol. The van der Waals surface area contributed by atoms with E-state index in [1.807, 2.05) is 0 Å². The number of hydrogen-bond acceptors (Lipinski definition) is 3. The number of nitrogens with one attached hydrogen (secondary N) is 1. The Morgan fingerprint density at radius 3 is 2.56 bits per heavy atom. The first-order valence-corrected chi connectivity index (χ1v) is 7.48. The monoisotopic (exact) mass is 249 g/mol. The molecule has 3 nitrogen and oxygen atoms in total. The van der Waals surface area contributed by atoms with Crippen molar-refractivity contribution in [1.82, 2.24) is 10.2 Å². The van der Waals surface area contributed by atoms with Crippen molar-refractivity contribution in [2.24, 2.45) is 10.9 Å². The average molecular weight is 249 g/mol. The molecule has 0 spiro atoms. The van der Waals surface area contributed by atoms with Gasteiger partial charge in [0.25, 0.3) is 0 Å². The number of rotatable bonds is 3. The Balaban J connectivity index is 1.72. The molecule has 102 valence electrons. The van der Waals surface area contributed by atoms with E-state index in [-0.39, 0.29) is 0 Å². The van der Waals surface area contributed by atoms with E-state index in [0.717, 1.165) is 25.0 Å². The van der Waals surface area contributed by atoms with E-state index < -0.39 is 0 Å². The second-order valence-corrected chi connectivity index (χ2v) is 5.85. The van der Waals surface area contributed by atoms with Crippen molar-refractivity contribution in [3.05, 3.63) is 12.3 Å². The molecule has 0 saturated heterocycles. The average Bonchev–Trinajstić information content (AvgIpc) is 2.65. The van der Waals surface area contributed by atoms with Crippen LogP contribution in [-0.2, 0) is 0 Å². The molecule has 1 heterocycles. The van der Waals surface area contributed by atoms with Gasteiger partial charge in [-0.2, -0.15) is 0 Å². The predicted octanol–water partition coefficient (Wildman–Crippen LogP) is 3.14. The van der Waals surface area contributed by atoms with Crippen LogP contribution in [0.1, 0.15) is 52.4 Å². The highest BCUT2D eigenvalue weighted by Crippen LogP contribution is 2.22. The van der Waals surface area contributed by atoms with E-state index in [1.165, 1.54) is 38.5 Å². The summed E-state index contributed by atoms with van der Waals surface area (Å²) in [6.07, 6.45) is 12.7. The fraction of sp³-hybridized carbons (Fsp3) is 0.800. The van der Waals surface area contributed by atoms with Crippen molar-refractivity contribution < 1.29 is 0 Å². The van der Waals surface area contributed by atoms with Crippen LogP contribution in [0.25, 0.3) is 0 Å². The van der Waals surface area contributed by atoms with Crippen molar-refractivity contribution >= 4 is 5.84 Å². The van der Waals surface area contributed by atoms with Crippen LogP contribution in [0, 0.1) is 5.92 Å². The molecule has 0 aromatic rings. The van der Waals surface area contributed by atoms with Crippen LogP contribution in [0.3, 0.4) is 0 Å². The lowest BCUT2D eigenvalue weighted by Gasteiger charge is -2.26. The number of amidine groups is 1. The lowest BCUT2D eigenvalue weighted by Crippen LogP contribution is -2.34. The van der Waals surface area contributed by atoms with Gasteiger partial charge in [-0.15, -0.1) is 0 Å². The topological polar surface area (TPSA) is 27.6 Å². The van der Waals surface area contributed by atoms with Gasteiger partial charge in [-0.1, -0.05) is 25.7 Å². The largest absolute Gasteiger partial charge is 0.370 e. The van der Waals surface area contributed by atoms with Crippen LogP contribution in [0.4, 0.5) is 0 Å². The lowest BCUT2D eigenvalue weighted by molar-refractivity contribution is 0.317. The fourth-order valence-corrected chi connectivity index (χ4v) is 2.69. The first kappa shape index (κ1) is 13.4. The molecule has 0 unspecified atom stereocenters. The number of nitrogens with zero attached hydrogens (tertiary/aromatic N) is 2. The Morgan fingerprint density at radius 2 is 2.00 bits per heavy atom. The Hall–Kier alpha value is -0.990. The molecule has 2 rings (SSSR count). The van der Waals surface area contributed by atoms with E-state index in [0.29, 0.717) is 6.04 Å². The molecule has 18 heavy (non-hydrogen) atoms. The van der Waals surface area contributed by atoms with Gasteiger partial charge in [0.1, 0.15) is 12.5 Å². The Morgan fingerprint density at radius 1 is 1.28 bits per heavy atom. The highest BCUT2D eigenvalue weighted by molar-refractivity contribution is 5.93. The highest BCUT2D eigenvalue weighted by Gasteiger charge is 2.13. The maximum atomic E-state index is 4.58. The zero-order valence-corrected chi connectivity index (χ0v) is 11.9. The standard InChI is InChI=1S/C15H27N3/c1-13(2)18-10-9-15(17-12-18)16-11-14-7-5-3-4-6-8-14/h9-10,13-14H,3-8,11-12H2,1-2H3,(H,16,17). The minimum Gasteiger partial charge on any atom is -0.370 e. The second-order valence-electron chi connectivity index (χ2n) is 5.85. The number of hydrogen-bond donors (Lipinski definition) is 1. The molecule has 1 aliphatic carbocycles. The Kier molecular flexibility index (Phi) is 5.09. The molecule has 0 radical (unpaired) electrons. The molecule has 1 saturated carbocycles. The molecule has 3 heteroatoms. The van der Waals surface area contributed by atoms with Gasteiger partial charge in [0, 0.05) is 18.8 Å². The molecule has 2 aliphatic rings. The summed E-state index contributed by atoms with van der Waals surface area (Å²) in [6.45, 7) is 6.29. The van der Waals surface area contributed by atoms with Gasteiger partial charge in [0.05, 0.1) is 0 Å². The third kappa shape index (κ3) is 4.04. The van der Waals surface area contributed by atoms with Gasteiger partial charge in [-0.25, -0.2) is 4.99 Å². The van der Waals surface area contributed by atoms with Crippen LogP contribution < -0.4 is 5.32 Å². The smallest absolute Gasteiger partial charge is 0.124 e. The van der Waals surface area contributed by atoms with Crippen LogP contribution >= 0.6 is 0 Å². The van der Waals surface area contributed by atoms with Crippen LogP contribution in [-0.4, -0.2) is 30.0 Å². The maximum absolute atomic E-state index is 4.58. The molecular weight excluding hydrogens is 222 g/mol. The van der Waals surface area contributed by atoms with Gasteiger partial charge in [0.2, 0.25) is 0 Å². The summed E-state index contributed by atoms with van der Waals surface area (Å²) in [5, 5.41) is 3.52.